The molecule has 1 N–H and O–H groups in total. The first-order chi connectivity index (χ1) is 7.81. The zero-order valence-corrected chi connectivity index (χ0v) is 9.87. The van der Waals surface area contributed by atoms with Gasteiger partial charge in [-0.15, -0.1) is 11.8 Å². The monoisotopic (exact) mass is 238 g/mol. The number of hydrogen-bond donors (Lipinski definition) is 1. The van der Waals surface area contributed by atoms with E-state index in [-0.39, 0.29) is 17.4 Å². The van der Waals surface area contributed by atoms with Crippen LogP contribution in [0, 0.1) is 0 Å². The fourth-order valence-corrected chi connectivity index (χ4v) is 2.74. The lowest BCUT2D eigenvalue weighted by atomic mass is 10.3. The molecular weight excluding hydrogens is 224 g/mol. The number of carbonyl (C=O) groups excluding carboxylic acids is 1. The molecule has 0 spiro atoms. The summed E-state index contributed by atoms with van der Waals surface area (Å²) in [7, 11) is 0. The van der Waals surface area contributed by atoms with Gasteiger partial charge in [0.25, 0.3) is 0 Å². The van der Waals surface area contributed by atoms with E-state index in [1.807, 2.05) is 25.1 Å². The maximum absolute atomic E-state index is 11.5. The standard InChI is InChI=1S/C11H14N2O2S/c1-2-15-11(14)9-7-16-10(13-9)8-5-3-4-6-12-8/h3-6,9-10,13H,2,7H2,1H3. The highest BCUT2D eigenvalue weighted by Crippen LogP contribution is 2.31. The van der Waals surface area contributed by atoms with Crippen molar-refractivity contribution in [3.05, 3.63) is 30.1 Å². The van der Waals surface area contributed by atoms with E-state index in [0.29, 0.717) is 6.61 Å². The summed E-state index contributed by atoms with van der Waals surface area (Å²) in [5.41, 5.74) is 0.958. The van der Waals surface area contributed by atoms with Gasteiger partial charge in [-0.3, -0.25) is 15.1 Å². The van der Waals surface area contributed by atoms with Crippen molar-refractivity contribution in [3.8, 4) is 0 Å². The molecule has 0 amide bonds. The molecule has 2 atom stereocenters. The Morgan fingerprint density at radius 1 is 1.69 bits per heavy atom. The predicted octanol–water partition coefficient (Wildman–Crippen LogP) is 1.35. The maximum atomic E-state index is 11.5. The number of pyridine rings is 1. The van der Waals surface area contributed by atoms with Gasteiger partial charge in [-0.05, 0) is 19.1 Å². The van der Waals surface area contributed by atoms with Gasteiger partial charge in [-0.1, -0.05) is 6.07 Å². The zero-order valence-electron chi connectivity index (χ0n) is 9.05. The summed E-state index contributed by atoms with van der Waals surface area (Å²) in [5, 5.41) is 3.31. The van der Waals surface area contributed by atoms with E-state index in [1.165, 1.54) is 0 Å². The molecule has 1 aromatic heterocycles. The molecule has 0 aromatic carbocycles. The normalized spacial score (nSPS) is 24.3. The number of aromatic nitrogens is 1. The van der Waals surface area contributed by atoms with Gasteiger partial charge in [-0.2, -0.15) is 0 Å². The lowest BCUT2D eigenvalue weighted by molar-refractivity contribution is -0.144. The largest absolute Gasteiger partial charge is 0.465 e. The predicted molar refractivity (Wildman–Crippen MR) is 63.0 cm³/mol. The van der Waals surface area contributed by atoms with Crippen LogP contribution in [-0.2, 0) is 9.53 Å². The number of hydrogen-bond acceptors (Lipinski definition) is 5. The molecule has 1 fully saturated rings. The third-order valence-corrected chi connectivity index (χ3v) is 3.55. The molecule has 86 valence electrons. The number of ether oxygens (including phenoxy) is 1. The first kappa shape index (κ1) is 11.4. The molecular formula is C11H14N2O2S. The van der Waals surface area contributed by atoms with Crippen LogP contribution in [0.25, 0.3) is 0 Å². The van der Waals surface area contributed by atoms with E-state index in [2.05, 4.69) is 10.3 Å². The highest BCUT2D eigenvalue weighted by Gasteiger charge is 2.31. The third kappa shape index (κ3) is 2.54. The number of thioether (sulfide) groups is 1. The summed E-state index contributed by atoms with van der Waals surface area (Å²) in [5.74, 6) is 0.563. The molecule has 0 aliphatic carbocycles. The molecule has 5 heteroatoms. The van der Waals surface area contributed by atoms with Gasteiger partial charge in [0.15, 0.2) is 0 Å². The van der Waals surface area contributed by atoms with Crippen molar-refractivity contribution in [2.75, 3.05) is 12.4 Å². The van der Waals surface area contributed by atoms with Crippen LogP contribution in [0.3, 0.4) is 0 Å². The van der Waals surface area contributed by atoms with E-state index in [1.54, 1.807) is 18.0 Å². The molecule has 2 unspecified atom stereocenters. The van der Waals surface area contributed by atoms with Crippen molar-refractivity contribution in [1.29, 1.82) is 0 Å². The van der Waals surface area contributed by atoms with Crippen LogP contribution in [-0.4, -0.2) is 29.4 Å². The minimum absolute atomic E-state index is 0.0932. The van der Waals surface area contributed by atoms with E-state index >= 15 is 0 Å². The number of nitrogens with zero attached hydrogens (tertiary/aromatic N) is 1. The molecule has 1 aliphatic rings. The summed E-state index contributed by atoms with van der Waals surface area (Å²) < 4.78 is 4.97. The fourth-order valence-electron chi connectivity index (χ4n) is 1.55. The first-order valence-electron chi connectivity index (χ1n) is 5.26. The Morgan fingerprint density at radius 3 is 3.25 bits per heavy atom. The highest BCUT2D eigenvalue weighted by molar-refractivity contribution is 7.99. The van der Waals surface area contributed by atoms with Crippen molar-refractivity contribution in [2.24, 2.45) is 0 Å². The number of nitrogens with one attached hydrogen (secondary N) is 1. The Hall–Kier alpha value is -1.07. The van der Waals surface area contributed by atoms with Crippen LogP contribution in [0.5, 0.6) is 0 Å². The van der Waals surface area contributed by atoms with E-state index in [4.69, 9.17) is 4.74 Å². The topological polar surface area (TPSA) is 51.2 Å². The van der Waals surface area contributed by atoms with Crippen LogP contribution in [0.1, 0.15) is 18.0 Å². The van der Waals surface area contributed by atoms with Crippen LogP contribution in [0.2, 0.25) is 0 Å². The van der Waals surface area contributed by atoms with Crippen LogP contribution < -0.4 is 5.32 Å². The van der Waals surface area contributed by atoms with Gasteiger partial charge in [-0.25, -0.2) is 0 Å². The smallest absolute Gasteiger partial charge is 0.324 e. The molecule has 4 nitrogen and oxygen atoms in total. The second-order valence-electron chi connectivity index (χ2n) is 3.44. The summed E-state index contributed by atoms with van der Waals surface area (Å²) in [4.78, 5) is 15.8. The van der Waals surface area contributed by atoms with Gasteiger partial charge in [0, 0.05) is 11.9 Å². The summed E-state index contributed by atoms with van der Waals surface area (Å²) in [6.07, 6.45) is 1.76. The Bertz CT molecular complexity index is 358. The van der Waals surface area contributed by atoms with Crippen LogP contribution in [0.4, 0.5) is 0 Å². The Balaban J connectivity index is 1.96. The molecule has 0 saturated carbocycles. The Kier molecular flexibility index (Phi) is 3.79. The SMILES string of the molecule is CCOC(=O)C1CSC(c2ccccn2)N1. The van der Waals surface area contributed by atoms with Crippen molar-refractivity contribution in [1.82, 2.24) is 10.3 Å². The number of rotatable bonds is 3. The van der Waals surface area contributed by atoms with E-state index in [9.17, 15) is 4.79 Å². The van der Waals surface area contributed by atoms with Gasteiger partial charge >= 0.3 is 5.97 Å². The van der Waals surface area contributed by atoms with E-state index in [0.717, 1.165) is 11.4 Å². The average molecular weight is 238 g/mol. The second kappa shape index (κ2) is 5.32. The highest BCUT2D eigenvalue weighted by atomic mass is 32.2. The lowest BCUT2D eigenvalue weighted by Crippen LogP contribution is -2.35. The number of esters is 1. The van der Waals surface area contributed by atoms with Crippen molar-refractivity contribution in [3.63, 3.8) is 0 Å². The minimum atomic E-state index is -0.211. The average Bonchev–Trinajstić information content (AvgIpc) is 2.80. The Labute approximate surface area is 98.8 Å². The Morgan fingerprint density at radius 2 is 2.56 bits per heavy atom. The molecule has 0 bridgehead atoms. The molecule has 16 heavy (non-hydrogen) atoms. The summed E-state index contributed by atoms with van der Waals surface area (Å²) >= 11 is 1.68. The van der Waals surface area contributed by atoms with Crippen LogP contribution in [0.15, 0.2) is 24.4 Å². The maximum Gasteiger partial charge on any atom is 0.324 e. The van der Waals surface area contributed by atoms with Crippen LogP contribution >= 0.6 is 11.8 Å². The third-order valence-electron chi connectivity index (χ3n) is 2.31. The first-order valence-corrected chi connectivity index (χ1v) is 6.31. The summed E-state index contributed by atoms with van der Waals surface area (Å²) in [6.45, 7) is 2.24. The minimum Gasteiger partial charge on any atom is -0.465 e. The second-order valence-corrected chi connectivity index (χ2v) is 4.58. The zero-order chi connectivity index (χ0) is 11.4. The van der Waals surface area contributed by atoms with Crippen molar-refractivity contribution in [2.45, 2.75) is 18.3 Å². The quantitative estimate of drug-likeness (QED) is 0.806. The van der Waals surface area contributed by atoms with Gasteiger partial charge in [0.2, 0.25) is 0 Å². The molecule has 2 heterocycles. The molecule has 1 aromatic rings. The van der Waals surface area contributed by atoms with Crippen molar-refractivity contribution < 1.29 is 9.53 Å². The van der Waals surface area contributed by atoms with Gasteiger partial charge in [0.05, 0.1) is 17.7 Å². The van der Waals surface area contributed by atoms with Gasteiger partial charge in [0.1, 0.15) is 6.04 Å². The summed E-state index contributed by atoms with van der Waals surface area (Å²) in [6, 6.07) is 5.57. The lowest BCUT2D eigenvalue weighted by Gasteiger charge is -2.11. The number of carbonyl (C=O) groups is 1. The van der Waals surface area contributed by atoms with Gasteiger partial charge < -0.3 is 4.74 Å². The molecule has 1 saturated heterocycles. The molecule has 1 aliphatic heterocycles. The molecule has 0 radical (unpaired) electrons. The van der Waals surface area contributed by atoms with Crippen molar-refractivity contribution >= 4 is 17.7 Å². The fraction of sp³-hybridized carbons (Fsp3) is 0.455. The van der Waals surface area contributed by atoms with E-state index < -0.39 is 0 Å². The molecule has 2 rings (SSSR count).